The van der Waals surface area contributed by atoms with E-state index in [1.54, 1.807) is 18.4 Å². The van der Waals surface area contributed by atoms with Crippen molar-refractivity contribution in [2.75, 3.05) is 7.05 Å². The maximum atomic E-state index is 5.91. The van der Waals surface area contributed by atoms with Crippen LogP contribution in [0.5, 0.6) is 0 Å². The molecule has 3 rings (SSSR count). The summed E-state index contributed by atoms with van der Waals surface area (Å²) in [6, 6.07) is 10.1. The molecule has 2 heterocycles. The number of rotatable bonds is 4. The van der Waals surface area contributed by atoms with Gasteiger partial charge in [-0.3, -0.25) is 4.99 Å². The van der Waals surface area contributed by atoms with Crippen molar-refractivity contribution in [2.24, 2.45) is 4.99 Å². The molecule has 25 heavy (non-hydrogen) atoms. The summed E-state index contributed by atoms with van der Waals surface area (Å²) in [6.45, 7) is 6.84. The van der Waals surface area contributed by atoms with Crippen molar-refractivity contribution in [1.29, 1.82) is 0 Å². The summed E-state index contributed by atoms with van der Waals surface area (Å²) in [7, 11) is 1.77. The Bertz CT molecular complexity index is 838. The van der Waals surface area contributed by atoms with E-state index >= 15 is 0 Å². The molecule has 0 aliphatic heterocycles. The summed E-state index contributed by atoms with van der Waals surface area (Å²) in [5, 5.41) is 8.91. The second kappa shape index (κ2) is 8.66. The number of halogens is 1. The number of hydrogen-bond acceptors (Lipinski definition) is 4. The third kappa shape index (κ3) is 4.72. The number of nitrogens with zero attached hydrogens (tertiary/aromatic N) is 2. The van der Waals surface area contributed by atoms with Gasteiger partial charge in [-0.25, -0.2) is 4.98 Å². The van der Waals surface area contributed by atoms with Gasteiger partial charge in [0, 0.05) is 17.3 Å². The van der Waals surface area contributed by atoms with Crippen LogP contribution < -0.4 is 10.6 Å². The molecule has 1 unspecified atom stereocenters. The molecule has 1 atom stereocenters. The highest BCUT2D eigenvalue weighted by Crippen LogP contribution is 2.23. The monoisotopic (exact) mass is 470 g/mol. The van der Waals surface area contributed by atoms with Crippen LogP contribution in [0.15, 0.2) is 39.7 Å². The molecular formula is C18H23IN4OS. The maximum Gasteiger partial charge on any atom is 0.191 e. The highest BCUT2D eigenvalue weighted by atomic mass is 127. The fourth-order valence-electron chi connectivity index (χ4n) is 2.59. The van der Waals surface area contributed by atoms with Crippen molar-refractivity contribution in [1.82, 2.24) is 15.6 Å². The van der Waals surface area contributed by atoms with E-state index in [1.165, 1.54) is 4.88 Å². The minimum atomic E-state index is 0. The Morgan fingerprint density at radius 3 is 2.72 bits per heavy atom. The van der Waals surface area contributed by atoms with E-state index in [0.29, 0.717) is 6.54 Å². The van der Waals surface area contributed by atoms with Gasteiger partial charge in [0.05, 0.1) is 23.3 Å². The van der Waals surface area contributed by atoms with Gasteiger partial charge in [0.1, 0.15) is 11.3 Å². The number of aliphatic imine (C=N–C) groups is 1. The Hall–Kier alpha value is -1.61. The smallest absolute Gasteiger partial charge is 0.191 e. The molecule has 2 N–H and O–H groups in total. The first-order chi connectivity index (χ1) is 11.6. The van der Waals surface area contributed by atoms with Crippen LogP contribution in [0.2, 0.25) is 0 Å². The fourth-order valence-corrected chi connectivity index (χ4v) is 3.46. The highest BCUT2D eigenvalue weighted by molar-refractivity contribution is 14.0. The van der Waals surface area contributed by atoms with Gasteiger partial charge < -0.3 is 15.1 Å². The SMILES string of the molecule is CN=C(NCc1sc(C)nc1C)NC(C)c1cc2ccccc2o1.I. The highest BCUT2D eigenvalue weighted by Gasteiger charge is 2.13. The molecule has 0 aliphatic carbocycles. The van der Waals surface area contributed by atoms with E-state index in [0.717, 1.165) is 33.4 Å². The van der Waals surface area contributed by atoms with Crippen LogP contribution in [0.25, 0.3) is 11.0 Å². The summed E-state index contributed by atoms with van der Waals surface area (Å²) < 4.78 is 5.91. The average Bonchev–Trinajstić information content (AvgIpc) is 3.14. The second-order valence-electron chi connectivity index (χ2n) is 5.72. The predicted molar refractivity (Wildman–Crippen MR) is 115 cm³/mol. The molecule has 0 spiro atoms. The number of furan rings is 1. The van der Waals surface area contributed by atoms with Gasteiger partial charge in [0.25, 0.3) is 0 Å². The number of para-hydroxylation sites is 1. The Morgan fingerprint density at radius 1 is 1.32 bits per heavy atom. The molecular weight excluding hydrogens is 447 g/mol. The summed E-state index contributed by atoms with van der Waals surface area (Å²) >= 11 is 1.71. The molecule has 0 bridgehead atoms. The van der Waals surface area contributed by atoms with Crippen molar-refractivity contribution in [3.05, 3.63) is 51.7 Å². The van der Waals surface area contributed by atoms with Crippen LogP contribution in [0.1, 0.15) is 34.3 Å². The van der Waals surface area contributed by atoms with Gasteiger partial charge in [0.15, 0.2) is 5.96 Å². The largest absolute Gasteiger partial charge is 0.459 e. The van der Waals surface area contributed by atoms with Crippen molar-refractivity contribution in [3.63, 3.8) is 0 Å². The molecule has 0 radical (unpaired) electrons. The lowest BCUT2D eigenvalue weighted by Crippen LogP contribution is -2.38. The first-order valence-electron chi connectivity index (χ1n) is 7.95. The molecule has 0 saturated carbocycles. The predicted octanol–water partition coefficient (Wildman–Crippen LogP) is 4.55. The van der Waals surface area contributed by atoms with Gasteiger partial charge in [-0.15, -0.1) is 35.3 Å². The van der Waals surface area contributed by atoms with Crippen LogP contribution in [0.4, 0.5) is 0 Å². The quantitative estimate of drug-likeness (QED) is 0.334. The third-order valence-corrected chi connectivity index (χ3v) is 4.94. The minimum Gasteiger partial charge on any atom is -0.459 e. The number of aromatic nitrogens is 1. The van der Waals surface area contributed by atoms with Crippen LogP contribution in [-0.4, -0.2) is 18.0 Å². The summed E-state index contributed by atoms with van der Waals surface area (Å²) in [6.07, 6.45) is 0. The fraction of sp³-hybridized carbons (Fsp3) is 0.333. The van der Waals surface area contributed by atoms with Crippen molar-refractivity contribution < 1.29 is 4.42 Å². The van der Waals surface area contributed by atoms with E-state index in [2.05, 4.69) is 39.7 Å². The number of aryl methyl sites for hydroxylation is 2. The molecule has 3 aromatic rings. The molecule has 7 heteroatoms. The molecule has 134 valence electrons. The first kappa shape index (κ1) is 19.7. The van der Waals surface area contributed by atoms with Crippen molar-refractivity contribution in [3.8, 4) is 0 Å². The maximum absolute atomic E-state index is 5.91. The van der Waals surface area contributed by atoms with Gasteiger partial charge in [-0.05, 0) is 32.9 Å². The standard InChI is InChI=1S/C18H22N4OS.HI/c1-11(16-9-14-7-5-6-8-15(14)23-16)22-18(19-4)20-10-17-12(2)21-13(3)24-17;/h5-9,11H,10H2,1-4H3,(H2,19,20,22);1H. The lowest BCUT2D eigenvalue weighted by atomic mass is 10.2. The zero-order valence-electron chi connectivity index (χ0n) is 14.8. The minimum absolute atomic E-state index is 0. The molecule has 1 aromatic carbocycles. The van der Waals surface area contributed by atoms with E-state index in [9.17, 15) is 0 Å². The normalized spacial score (nSPS) is 12.7. The molecule has 0 amide bonds. The van der Waals surface area contributed by atoms with Crippen LogP contribution in [0, 0.1) is 13.8 Å². The molecule has 0 aliphatic rings. The number of fused-ring (bicyclic) bond motifs is 1. The Morgan fingerprint density at radius 2 is 2.08 bits per heavy atom. The molecule has 5 nitrogen and oxygen atoms in total. The van der Waals surface area contributed by atoms with Crippen molar-refractivity contribution in [2.45, 2.75) is 33.4 Å². The molecule has 2 aromatic heterocycles. The van der Waals surface area contributed by atoms with Gasteiger partial charge in [0.2, 0.25) is 0 Å². The second-order valence-corrected chi connectivity index (χ2v) is 7.01. The lowest BCUT2D eigenvalue weighted by Gasteiger charge is -2.16. The number of guanidine groups is 1. The third-order valence-electron chi connectivity index (χ3n) is 3.86. The van der Waals surface area contributed by atoms with E-state index in [1.807, 2.05) is 32.0 Å². The van der Waals surface area contributed by atoms with E-state index < -0.39 is 0 Å². The number of nitrogens with one attached hydrogen (secondary N) is 2. The Kier molecular flexibility index (Phi) is 6.83. The average molecular weight is 470 g/mol. The summed E-state index contributed by atoms with van der Waals surface area (Å²) in [4.78, 5) is 9.98. The van der Waals surface area contributed by atoms with Crippen LogP contribution >= 0.6 is 35.3 Å². The lowest BCUT2D eigenvalue weighted by molar-refractivity contribution is 0.488. The van der Waals surface area contributed by atoms with Crippen molar-refractivity contribution >= 4 is 52.2 Å². The number of hydrogen-bond donors (Lipinski definition) is 2. The summed E-state index contributed by atoms with van der Waals surface area (Å²) in [5.41, 5.74) is 1.98. The van der Waals surface area contributed by atoms with E-state index in [-0.39, 0.29) is 30.0 Å². The van der Waals surface area contributed by atoms with E-state index in [4.69, 9.17) is 4.42 Å². The zero-order valence-corrected chi connectivity index (χ0v) is 17.9. The first-order valence-corrected chi connectivity index (χ1v) is 8.77. The summed E-state index contributed by atoms with van der Waals surface area (Å²) in [5.74, 6) is 1.64. The topological polar surface area (TPSA) is 62.5 Å². The Labute approximate surface area is 169 Å². The number of benzene rings is 1. The van der Waals surface area contributed by atoms with Gasteiger partial charge in [-0.2, -0.15) is 0 Å². The van der Waals surface area contributed by atoms with Gasteiger partial charge >= 0.3 is 0 Å². The van der Waals surface area contributed by atoms with Crippen LogP contribution in [0.3, 0.4) is 0 Å². The van der Waals surface area contributed by atoms with Crippen LogP contribution in [-0.2, 0) is 6.54 Å². The molecule has 0 fully saturated rings. The zero-order chi connectivity index (χ0) is 17.1. The van der Waals surface area contributed by atoms with Gasteiger partial charge in [-0.1, -0.05) is 18.2 Å². The molecule has 0 saturated heterocycles. The number of thiazole rings is 1. The Balaban J connectivity index is 0.00000225.